The number of benzene rings is 1. The number of carboxylic acids is 1. The van der Waals surface area contributed by atoms with Gasteiger partial charge in [-0.1, -0.05) is 29.3 Å². The summed E-state index contributed by atoms with van der Waals surface area (Å²) in [7, 11) is 0. The first-order valence-corrected chi connectivity index (χ1v) is 7.87. The van der Waals surface area contributed by atoms with Gasteiger partial charge in [0.05, 0.1) is 11.6 Å². The third kappa shape index (κ3) is 4.28. The molecule has 0 radical (unpaired) electrons. The molecule has 2 rings (SSSR count). The van der Waals surface area contributed by atoms with E-state index in [1.807, 2.05) is 0 Å². The van der Waals surface area contributed by atoms with E-state index >= 15 is 0 Å². The van der Waals surface area contributed by atoms with Crippen molar-refractivity contribution in [3.8, 4) is 0 Å². The minimum atomic E-state index is -1.02. The van der Waals surface area contributed by atoms with Gasteiger partial charge in [0.15, 0.2) is 0 Å². The first-order chi connectivity index (χ1) is 9.99. The van der Waals surface area contributed by atoms with E-state index in [9.17, 15) is 9.59 Å². The molecule has 1 fully saturated rings. The number of halogens is 1. The van der Waals surface area contributed by atoms with Gasteiger partial charge in [0, 0.05) is 10.2 Å². The maximum absolute atomic E-state index is 12.3. The number of rotatable bonds is 4. The maximum Gasteiger partial charge on any atom is 0.335 e. The number of anilines is 1. The molecule has 1 saturated heterocycles. The molecule has 2 atom stereocenters. The minimum Gasteiger partial charge on any atom is -0.478 e. The second-order valence-corrected chi connectivity index (χ2v) is 6.24. The molecule has 0 aliphatic carbocycles. The number of aromatic carboxylic acids is 1. The highest BCUT2D eigenvalue weighted by Crippen LogP contribution is 2.22. The summed E-state index contributed by atoms with van der Waals surface area (Å²) < 4.78 is 0.626. The van der Waals surface area contributed by atoms with Gasteiger partial charge in [0.1, 0.15) is 0 Å². The van der Waals surface area contributed by atoms with E-state index in [4.69, 9.17) is 5.11 Å². The summed E-state index contributed by atoms with van der Waals surface area (Å²) in [6.07, 6.45) is 2.99. The molecule has 3 N–H and O–H groups in total. The van der Waals surface area contributed by atoms with Crippen LogP contribution in [0, 0.1) is 5.92 Å². The largest absolute Gasteiger partial charge is 0.478 e. The lowest BCUT2D eigenvalue weighted by Gasteiger charge is -2.28. The van der Waals surface area contributed by atoms with Crippen LogP contribution in [0.1, 0.15) is 36.5 Å². The van der Waals surface area contributed by atoms with Crippen LogP contribution in [0.4, 0.5) is 5.69 Å². The summed E-state index contributed by atoms with van der Waals surface area (Å²) in [4.78, 5) is 23.3. The fourth-order valence-corrected chi connectivity index (χ4v) is 3.07. The summed E-state index contributed by atoms with van der Waals surface area (Å²) in [5.74, 6) is -0.560. The molecule has 1 aliphatic rings. The van der Waals surface area contributed by atoms with Crippen molar-refractivity contribution in [2.24, 2.45) is 5.92 Å². The zero-order chi connectivity index (χ0) is 15.4. The Morgan fingerprint density at radius 1 is 1.43 bits per heavy atom. The summed E-state index contributed by atoms with van der Waals surface area (Å²) in [6.45, 7) is 2.98. The SMILES string of the molecule is CCC1CCNC(C(=O)Nc2cc(Br)cc(C(=O)O)c2)C1. The number of piperidine rings is 1. The van der Waals surface area contributed by atoms with E-state index < -0.39 is 5.97 Å². The molecule has 5 nitrogen and oxygen atoms in total. The van der Waals surface area contributed by atoms with E-state index in [1.54, 1.807) is 6.07 Å². The van der Waals surface area contributed by atoms with Gasteiger partial charge in [-0.15, -0.1) is 0 Å². The van der Waals surface area contributed by atoms with Crippen LogP contribution in [0.3, 0.4) is 0 Å². The highest BCUT2D eigenvalue weighted by atomic mass is 79.9. The highest BCUT2D eigenvalue weighted by Gasteiger charge is 2.26. The lowest BCUT2D eigenvalue weighted by molar-refractivity contribution is -0.119. The molecule has 1 aromatic carbocycles. The molecule has 6 heteroatoms. The number of amides is 1. The number of nitrogens with one attached hydrogen (secondary N) is 2. The van der Waals surface area contributed by atoms with Crippen LogP contribution in [0.5, 0.6) is 0 Å². The average molecular weight is 355 g/mol. The third-order valence-corrected chi connectivity index (χ3v) is 4.28. The van der Waals surface area contributed by atoms with Crippen LogP contribution < -0.4 is 10.6 Å². The van der Waals surface area contributed by atoms with Gasteiger partial charge in [-0.05, 0) is 43.5 Å². The minimum absolute atomic E-state index is 0.109. The van der Waals surface area contributed by atoms with Gasteiger partial charge in [0.25, 0.3) is 0 Å². The lowest BCUT2D eigenvalue weighted by atomic mass is 9.90. The first kappa shape index (κ1) is 16.0. The topological polar surface area (TPSA) is 78.4 Å². The van der Waals surface area contributed by atoms with Crippen LogP contribution in [-0.4, -0.2) is 29.6 Å². The van der Waals surface area contributed by atoms with Crippen molar-refractivity contribution in [1.82, 2.24) is 5.32 Å². The van der Waals surface area contributed by atoms with E-state index in [-0.39, 0.29) is 17.5 Å². The van der Waals surface area contributed by atoms with Crippen LogP contribution in [0.25, 0.3) is 0 Å². The predicted molar refractivity (Wildman–Crippen MR) is 84.5 cm³/mol. The van der Waals surface area contributed by atoms with Gasteiger partial charge in [-0.25, -0.2) is 4.79 Å². The number of carbonyl (C=O) groups is 2. The van der Waals surface area contributed by atoms with Crippen LogP contribution >= 0.6 is 15.9 Å². The molecule has 0 saturated carbocycles. The molecule has 1 heterocycles. The number of hydrogen-bond acceptors (Lipinski definition) is 3. The molecule has 21 heavy (non-hydrogen) atoms. The van der Waals surface area contributed by atoms with Crippen molar-refractivity contribution < 1.29 is 14.7 Å². The van der Waals surface area contributed by atoms with Crippen molar-refractivity contribution in [2.45, 2.75) is 32.2 Å². The zero-order valence-electron chi connectivity index (χ0n) is 11.9. The summed E-state index contributed by atoms with van der Waals surface area (Å²) >= 11 is 3.26. The smallest absolute Gasteiger partial charge is 0.335 e. The van der Waals surface area contributed by atoms with Crippen molar-refractivity contribution >= 4 is 33.5 Å². The molecule has 0 bridgehead atoms. The Bertz CT molecular complexity index is 548. The molecule has 1 amide bonds. The molecule has 1 aromatic rings. The normalized spacial score (nSPS) is 21.8. The maximum atomic E-state index is 12.3. The lowest BCUT2D eigenvalue weighted by Crippen LogP contribution is -2.46. The Hall–Kier alpha value is -1.40. The number of carbonyl (C=O) groups excluding carboxylic acids is 1. The van der Waals surface area contributed by atoms with Crippen molar-refractivity contribution in [1.29, 1.82) is 0 Å². The van der Waals surface area contributed by atoms with Crippen LogP contribution in [0.15, 0.2) is 22.7 Å². The van der Waals surface area contributed by atoms with Crippen molar-refractivity contribution in [3.63, 3.8) is 0 Å². The van der Waals surface area contributed by atoms with Crippen LogP contribution in [-0.2, 0) is 4.79 Å². The number of carboxylic acid groups (broad SMARTS) is 1. The molecular formula is C15H19BrN2O3. The highest BCUT2D eigenvalue weighted by molar-refractivity contribution is 9.10. The molecule has 0 aromatic heterocycles. The van der Waals surface area contributed by atoms with Crippen molar-refractivity contribution in [2.75, 3.05) is 11.9 Å². The van der Waals surface area contributed by atoms with Gasteiger partial charge in [-0.2, -0.15) is 0 Å². The fourth-order valence-electron chi connectivity index (χ4n) is 2.58. The third-order valence-electron chi connectivity index (χ3n) is 3.82. The predicted octanol–water partition coefficient (Wildman–Crippen LogP) is 2.86. The van der Waals surface area contributed by atoms with Gasteiger partial charge in [0.2, 0.25) is 5.91 Å². The quantitative estimate of drug-likeness (QED) is 0.776. The van der Waals surface area contributed by atoms with E-state index in [0.717, 1.165) is 25.8 Å². The molecule has 2 unspecified atom stereocenters. The van der Waals surface area contributed by atoms with E-state index in [2.05, 4.69) is 33.5 Å². The van der Waals surface area contributed by atoms with Gasteiger partial charge >= 0.3 is 5.97 Å². The van der Waals surface area contributed by atoms with Gasteiger partial charge in [-0.3, -0.25) is 4.79 Å². The number of hydrogen-bond donors (Lipinski definition) is 3. The second-order valence-electron chi connectivity index (χ2n) is 5.33. The van der Waals surface area contributed by atoms with Gasteiger partial charge < -0.3 is 15.7 Å². The Morgan fingerprint density at radius 2 is 2.19 bits per heavy atom. The van der Waals surface area contributed by atoms with Crippen molar-refractivity contribution in [3.05, 3.63) is 28.2 Å². The Kier molecular flexibility index (Phi) is 5.36. The fraction of sp³-hybridized carbons (Fsp3) is 0.467. The summed E-state index contributed by atoms with van der Waals surface area (Å²) in [5.41, 5.74) is 0.634. The Morgan fingerprint density at radius 3 is 2.86 bits per heavy atom. The second kappa shape index (κ2) is 7.04. The molecule has 0 spiro atoms. The zero-order valence-corrected chi connectivity index (χ0v) is 13.4. The van der Waals surface area contributed by atoms with Crippen LogP contribution in [0.2, 0.25) is 0 Å². The average Bonchev–Trinajstić information content (AvgIpc) is 2.46. The van der Waals surface area contributed by atoms with E-state index in [0.29, 0.717) is 16.1 Å². The first-order valence-electron chi connectivity index (χ1n) is 7.07. The summed E-state index contributed by atoms with van der Waals surface area (Å²) in [6, 6.07) is 4.45. The van der Waals surface area contributed by atoms with E-state index in [1.165, 1.54) is 12.1 Å². The Balaban J connectivity index is 2.07. The molecule has 1 aliphatic heterocycles. The standard InChI is InChI=1S/C15H19BrN2O3/c1-2-9-3-4-17-13(5-9)14(19)18-12-7-10(15(20)21)6-11(16)8-12/h6-9,13,17H,2-5H2,1H3,(H,18,19)(H,20,21). The molecular weight excluding hydrogens is 336 g/mol. The monoisotopic (exact) mass is 354 g/mol. The Labute approximate surface area is 132 Å². The molecule has 114 valence electrons. The summed E-state index contributed by atoms with van der Waals surface area (Å²) in [5, 5.41) is 15.1.